The minimum Gasteiger partial charge on any atom is -0.368 e. The van der Waals surface area contributed by atoms with Crippen LogP contribution in [0.1, 0.15) is 43.7 Å². The molecule has 5 nitrogen and oxygen atoms in total. The van der Waals surface area contributed by atoms with Crippen molar-refractivity contribution in [3.63, 3.8) is 0 Å². The molecule has 1 amide bonds. The number of nitrogens with one attached hydrogen (secondary N) is 2. The molecule has 2 aliphatic heterocycles. The van der Waals surface area contributed by atoms with Gasteiger partial charge in [0.25, 0.3) is 5.91 Å². The first-order chi connectivity index (χ1) is 12.6. The van der Waals surface area contributed by atoms with Gasteiger partial charge in [-0.3, -0.25) is 9.69 Å². The largest absolute Gasteiger partial charge is 0.368 e. The lowest BCUT2D eigenvalue weighted by molar-refractivity contribution is -0.146. The lowest BCUT2D eigenvalue weighted by atomic mass is 9.91. The van der Waals surface area contributed by atoms with Crippen LogP contribution in [0.2, 0.25) is 0 Å². The van der Waals surface area contributed by atoms with E-state index in [1.807, 2.05) is 0 Å². The van der Waals surface area contributed by atoms with Gasteiger partial charge in [-0.05, 0) is 62.4 Å². The van der Waals surface area contributed by atoms with E-state index in [0.29, 0.717) is 6.54 Å². The number of piperidine rings is 2. The zero-order valence-corrected chi connectivity index (χ0v) is 18.7. The highest BCUT2D eigenvalue weighted by atomic mass is 35.5. The molecule has 7 heteroatoms. The summed E-state index contributed by atoms with van der Waals surface area (Å²) < 4.78 is 5.63. The topological polar surface area (TPSA) is 53.6 Å². The minimum absolute atomic E-state index is 0. The number of nitrogens with zero attached hydrogens (tertiary/aromatic N) is 1. The molecule has 160 valence electrons. The quantitative estimate of drug-likeness (QED) is 0.725. The number of likely N-dealkylation sites (tertiary alicyclic amines) is 1. The molecule has 2 heterocycles. The standard InChI is InChI=1S/C21H33N3O2.2ClH/c1-17-6-5-13-24(15-17)16-19-8-4-3-7-18(19)14-23-20(25)21(26-2)9-11-22-12-10-21;;/h3-4,7-8,17,22H,5-6,9-16H2,1-2H3,(H,23,25);2*1H. The summed E-state index contributed by atoms with van der Waals surface area (Å²) in [5.41, 5.74) is 1.85. The van der Waals surface area contributed by atoms with Crippen LogP contribution in [0.3, 0.4) is 0 Å². The van der Waals surface area contributed by atoms with Gasteiger partial charge >= 0.3 is 0 Å². The maximum Gasteiger partial charge on any atom is 0.252 e. The second-order valence-electron chi connectivity index (χ2n) is 7.88. The summed E-state index contributed by atoms with van der Waals surface area (Å²) >= 11 is 0. The van der Waals surface area contributed by atoms with Crippen molar-refractivity contribution in [2.24, 2.45) is 5.92 Å². The van der Waals surface area contributed by atoms with Gasteiger partial charge in [-0.1, -0.05) is 31.2 Å². The predicted molar refractivity (Wildman–Crippen MR) is 118 cm³/mol. The average molecular weight is 432 g/mol. The third-order valence-electron chi connectivity index (χ3n) is 5.91. The Morgan fingerprint density at radius 3 is 2.57 bits per heavy atom. The molecule has 2 saturated heterocycles. The van der Waals surface area contributed by atoms with Crippen LogP contribution in [0, 0.1) is 5.92 Å². The van der Waals surface area contributed by atoms with E-state index in [2.05, 4.69) is 46.7 Å². The van der Waals surface area contributed by atoms with Crippen molar-refractivity contribution in [2.45, 2.75) is 51.3 Å². The summed E-state index contributed by atoms with van der Waals surface area (Å²) in [6, 6.07) is 8.47. The molecule has 28 heavy (non-hydrogen) atoms. The number of carbonyl (C=O) groups is 1. The van der Waals surface area contributed by atoms with Crippen molar-refractivity contribution in [3.05, 3.63) is 35.4 Å². The highest BCUT2D eigenvalue weighted by Gasteiger charge is 2.39. The molecule has 0 aromatic heterocycles. The van der Waals surface area contributed by atoms with E-state index < -0.39 is 5.60 Å². The zero-order chi connectivity index (χ0) is 18.4. The zero-order valence-electron chi connectivity index (χ0n) is 17.0. The first-order valence-electron chi connectivity index (χ1n) is 9.96. The predicted octanol–water partition coefficient (Wildman–Crippen LogP) is 3.15. The second kappa shape index (κ2) is 12.0. The van der Waals surface area contributed by atoms with E-state index in [1.54, 1.807) is 7.11 Å². The molecule has 1 atom stereocenters. The molecule has 0 saturated carbocycles. The fourth-order valence-electron chi connectivity index (χ4n) is 4.25. The molecule has 2 aliphatic rings. The second-order valence-corrected chi connectivity index (χ2v) is 7.88. The van der Waals surface area contributed by atoms with Gasteiger partial charge < -0.3 is 15.4 Å². The molecule has 0 bridgehead atoms. The van der Waals surface area contributed by atoms with Gasteiger partial charge in [-0.25, -0.2) is 0 Å². The van der Waals surface area contributed by atoms with Gasteiger partial charge in [0, 0.05) is 26.7 Å². The Morgan fingerprint density at radius 2 is 1.93 bits per heavy atom. The summed E-state index contributed by atoms with van der Waals surface area (Å²) in [4.78, 5) is 15.3. The van der Waals surface area contributed by atoms with E-state index in [0.717, 1.165) is 38.4 Å². The third kappa shape index (κ3) is 6.33. The maximum absolute atomic E-state index is 12.8. The first-order valence-corrected chi connectivity index (χ1v) is 9.96. The van der Waals surface area contributed by atoms with E-state index >= 15 is 0 Å². The molecule has 1 unspecified atom stereocenters. The van der Waals surface area contributed by atoms with E-state index in [-0.39, 0.29) is 30.7 Å². The first kappa shape index (κ1) is 25.2. The summed E-state index contributed by atoms with van der Waals surface area (Å²) in [6.07, 6.45) is 4.07. The maximum atomic E-state index is 12.8. The molecule has 0 aliphatic carbocycles. The number of halogens is 2. The highest BCUT2D eigenvalue weighted by molar-refractivity contribution is 5.86. The molecular weight excluding hydrogens is 397 g/mol. The summed E-state index contributed by atoms with van der Waals surface area (Å²) in [7, 11) is 1.65. The molecule has 1 aromatic rings. The smallest absolute Gasteiger partial charge is 0.252 e. The van der Waals surface area contributed by atoms with Crippen molar-refractivity contribution in [1.82, 2.24) is 15.5 Å². The number of ether oxygens (including phenoxy) is 1. The summed E-state index contributed by atoms with van der Waals surface area (Å²) in [5, 5.41) is 6.43. The SMILES string of the molecule is COC1(C(=O)NCc2ccccc2CN2CCCC(C)C2)CCNCC1.Cl.Cl. The average Bonchev–Trinajstić information content (AvgIpc) is 2.67. The Hall–Kier alpha value is -0.850. The van der Waals surface area contributed by atoms with Crippen LogP contribution in [0.15, 0.2) is 24.3 Å². The number of carbonyl (C=O) groups excluding carboxylic acids is 1. The molecule has 2 N–H and O–H groups in total. The van der Waals surface area contributed by atoms with E-state index in [9.17, 15) is 4.79 Å². The van der Waals surface area contributed by atoms with Gasteiger partial charge in [-0.15, -0.1) is 24.8 Å². The molecule has 2 fully saturated rings. The van der Waals surface area contributed by atoms with Crippen LogP contribution in [0.25, 0.3) is 0 Å². The fraction of sp³-hybridized carbons (Fsp3) is 0.667. The van der Waals surface area contributed by atoms with Gasteiger partial charge in [0.2, 0.25) is 0 Å². The Morgan fingerprint density at radius 1 is 1.25 bits per heavy atom. The van der Waals surface area contributed by atoms with Crippen molar-refractivity contribution in [1.29, 1.82) is 0 Å². The van der Waals surface area contributed by atoms with Crippen molar-refractivity contribution >= 4 is 30.7 Å². The van der Waals surface area contributed by atoms with Gasteiger partial charge in [0.1, 0.15) is 5.60 Å². The van der Waals surface area contributed by atoms with Crippen LogP contribution in [0.5, 0.6) is 0 Å². The number of hydrogen-bond donors (Lipinski definition) is 2. The Kier molecular flexibility index (Phi) is 10.8. The third-order valence-corrected chi connectivity index (χ3v) is 5.91. The van der Waals surface area contributed by atoms with Crippen LogP contribution < -0.4 is 10.6 Å². The molecule has 1 aromatic carbocycles. The van der Waals surface area contributed by atoms with Crippen LogP contribution in [0.4, 0.5) is 0 Å². The molecule has 0 spiro atoms. The lowest BCUT2D eigenvalue weighted by Gasteiger charge is -2.35. The molecule has 3 rings (SSSR count). The molecule has 0 radical (unpaired) electrons. The monoisotopic (exact) mass is 431 g/mol. The Balaban J connectivity index is 0.00000196. The van der Waals surface area contributed by atoms with Crippen molar-refractivity contribution in [2.75, 3.05) is 33.3 Å². The normalized spacial score (nSPS) is 21.9. The van der Waals surface area contributed by atoms with Gasteiger partial charge in [-0.2, -0.15) is 0 Å². The number of hydrogen-bond acceptors (Lipinski definition) is 4. The van der Waals surface area contributed by atoms with E-state index in [4.69, 9.17) is 4.74 Å². The van der Waals surface area contributed by atoms with E-state index in [1.165, 1.54) is 37.1 Å². The Bertz CT molecular complexity index is 609. The van der Waals surface area contributed by atoms with Crippen molar-refractivity contribution in [3.8, 4) is 0 Å². The lowest BCUT2D eigenvalue weighted by Crippen LogP contribution is -2.54. The fourth-order valence-corrected chi connectivity index (χ4v) is 4.25. The van der Waals surface area contributed by atoms with Crippen molar-refractivity contribution < 1.29 is 9.53 Å². The van der Waals surface area contributed by atoms with Crippen LogP contribution in [-0.2, 0) is 22.6 Å². The summed E-state index contributed by atoms with van der Waals surface area (Å²) in [6.45, 7) is 7.86. The number of amides is 1. The van der Waals surface area contributed by atoms with Crippen LogP contribution >= 0.6 is 24.8 Å². The summed E-state index contributed by atoms with van der Waals surface area (Å²) in [5.74, 6) is 0.792. The number of methoxy groups -OCH3 is 1. The van der Waals surface area contributed by atoms with Gasteiger partial charge in [0.05, 0.1) is 0 Å². The van der Waals surface area contributed by atoms with Gasteiger partial charge in [0.15, 0.2) is 0 Å². The van der Waals surface area contributed by atoms with Crippen LogP contribution in [-0.4, -0.2) is 49.7 Å². The highest BCUT2D eigenvalue weighted by Crippen LogP contribution is 2.23. The number of rotatable bonds is 6. The Labute approximate surface area is 181 Å². The minimum atomic E-state index is -0.678. The molecular formula is C21H35Cl2N3O2. The number of benzene rings is 1.